The molecular formula is C11H22N4. The van der Waals surface area contributed by atoms with E-state index in [4.69, 9.17) is 0 Å². The zero-order valence-corrected chi connectivity index (χ0v) is 10.0. The van der Waals surface area contributed by atoms with Crippen LogP contribution in [0.15, 0.2) is 6.33 Å². The second-order valence-electron chi connectivity index (χ2n) is 4.11. The molecule has 0 spiro atoms. The Hall–Kier alpha value is -0.900. The summed E-state index contributed by atoms with van der Waals surface area (Å²) in [6, 6.07) is 0.609. The monoisotopic (exact) mass is 210 g/mol. The normalized spacial score (nSPS) is 13.0. The molecule has 86 valence electrons. The molecule has 0 aliphatic rings. The van der Waals surface area contributed by atoms with E-state index in [2.05, 4.69) is 29.4 Å². The van der Waals surface area contributed by atoms with E-state index in [1.807, 2.05) is 11.6 Å². The molecule has 4 heteroatoms. The first-order chi connectivity index (χ1) is 7.24. The van der Waals surface area contributed by atoms with Crippen LogP contribution >= 0.6 is 0 Å². The van der Waals surface area contributed by atoms with Crippen molar-refractivity contribution in [1.29, 1.82) is 0 Å². The maximum absolute atomic E-state index is 4.05. The zero-order chi connectivity index (χ0) is 11.1. The predicted molar refractivity (Wildman–Crippen MR) is 61.7 cm³/mol. The number of hydrogen-bond acceptors (Lipinski definition) is 3. The highest BCUT2D eigenvalue weighted by molar-refractivity contribution is 4.85. The van der Waals surface area contributed by atoms with E-state index < -0.39 is 0 Å². The topological polar surface area (TPSA) is 42.7 Å². The van der Waals surface area contributed by atoms with Gasteiger partial charge in [-0.15, -0.1) is 10.2 Å². The van der Waals surface area contributed by atoms with E-state index in [0.717, 1.165) is 18.8 Å². The van der Waals surface area contributed by atoms with Crippen LogP contribution < -0.4 is 5.32 Å². The van der Waals surface area contributed by atoms with Crippen molar-refractivity contribution in [3.63, 3.8) is 0 Å². The summed E-state index contributed by atoms with van der Waals surface area (Å²) in [5.74, 6) is 1.05. The van der Waals surface area contributed by atoms with Gasteiger partial charge in [0, 0.05) is 26.1 Å². The van der Waals surface area contributed by atoms with Gasteiger partial charge in [-0.2, -0.15) is 0 Å². The molecule has 4 nitrogen and oxygen atoms in total. The molecule has 1 aromatic rings. The summed E-state index contributed by atoms with van der Waals surface area (Å²) in [6.45, 7) is 5.45. The molecule has 0 saturated carbocycles. The Labute approximate surface area is 92.1 Å². The van der Waals surface area contributed by atoms with Gasteiger partial charge in [-0.3, -0.25) is 0 Å². The fourth-order valence-corrected chi connectivity index (χ4v) is 1.58. The van der Waals surface area contributed by atoms with Gasteiger partial charge in [0.2, 0.25) is 0 Å². The van der Waals surface area contributed by atoms with Crippen LogP contribution in [0.25, 0.3) is 0 Å². The van der Waals surface area contributed by atoms with Gasteiger partial charge in [-0.1, -0.05) is 19.8 Å². The average molecular weight is 210 g/mol. The van der Waals surface area contributed by atoms with Gasteiger partial charge >= 0.3 is 0 Å². The van der Waals surface area contributed by atoms with Crippen LogP contribution in [0.3, 0.4) is 0 Å². The highest BCUT2D eigenvalue weighted by Crippen LogP contribution is 1.99. The first-order valence-corrected chi connectivity index (χ1v) is 5.80. The van der Waals surface area contributed by atoms with Crippen LogP contribution in [0.4, 0.5) is 0 Å². The molecule has 0 aliphatic heterocycles. The van der Waals surface area contributed by atoms with Crippen molar-refractivity contribution in [2.45, 2.75) is 45.6 Å². The Morgan fingerprint density at radius 2 is 2.33 bits per heavy atom. The number of hydrogen-bond donors (Lipinski definition) is 1. The Bertz CT molecular complexity index is 269. The summed E-state index contributed by atoms with van der Waals surface area (Å²) < 4.78 is 1.97. The summed E-state index contributed by atoms with van der Waals surface area (Å²) in [7, 11) is 1.98. The van der Waals surface area contributed by atoms with E-state index in [1.165, 1.54) is 19.3 Å². The minimum atomic E-state index is 0.609. The average Bonchev–Trinajstić information content (AvgIpc) is 2.61. The lowest BCUT2D eigenvalue weighted by Crippen LogP contribution is -2.28. The molecule has 1 atom stereocenters. The molecule has 1 heterocycles. The third-order valence-electron chi connectivity index (χ3n) is 2.64. The maximum Gasteiger partial charge on any atom is 0.133 e. The molecular weight excluding hydrogens is 188 g/mol. The minimum absolute atomic E-state index is 0.609. The smallest absolute Gasteiger partial charge is 0.133 e. The summed E-state index contributed by atoms with van der Waals surface area (Å²) in [5, 5.41) is 11.4. The second-order valence-corrected chi connectivity index (χ2v) is 4.11. The Kier molecular flexibility index (Phi) is 5.32. The first kappa shape index (κ1) is 12.2. The van der Waals surface area contributed by atoms with E-state index >= 15 is 0 Å². The largest absolute Gasteiger partial charge is 0.321 e. The number of aromatic nitrogens is 3. The fourth-order valence-electron chi connectivity index (χ4n) is 1.58. The summed E-state index contributed by atoms with van der Waals surface area (Å²) in [4.78, 5) is 0. The molecule has 0 bridgehead atoms. The van der Waals surface area contributed by atoms with Crippen LogP contribution in [0.5, 0.6) is 0 Å². The van der Waals surface area contributed by atoms with Gasteiger partial charge in [0.05, 0.1) is 0 Å². The van der Waals surface area contributed by atoms with Crippen LogP contribution in [0.2, 0.25) is 0 Å². The molecule has 0 saturated heterocycles. The van der Waals surface area contributed by atoms with Crippen molar-refractivity contribution in [2.75, 3.05) is 6.54 Å². The van der Waals surface area contributed by atoms with Gasteiger partial charge < -0.3 is 9.88 Å². The van der Waals surface area contributed by atoms with Crippen molar-refractivity contribution >= 4 is 0 Å². The highest BCUT2D eigenvalue weighted by atomic mass is 15.2. The van der Waals surface area contributed by atoms with Crippen molar-refractivity contribution < 1.29 is 0 Å². The van der Waals surface area contributed by atoms with E-state index in [-0.39, 0.29) is 0 Å². The zero-order valence-electron chi connectivity index (χ0n) is 10.0. The van der Waals surface area contributed by atoms with E-state index in [0.29, 0.717) is 6.04 Å². The third kappa shape index (κ3) is 4.42. The molecule has 15 heavy (non-hydrogen) atoms. The molecule has 1 aromatic heterocycles. The predicted octanol–water partition coefficient (Wildman–Crippen LogP) is 1.53. The molecule has 0 aliphatic carbocycles. The summed E-state index contributed by atoms with van der Waals surface area (Å²) >= 11 is 0. The summed E-state index contributed by atoms with van der Waals surface area (Å²) in [6.07, 6.45) is 6.53. The number of rotatable bonds is 7. The lowest BCUT2D eigenvalue weighted by molar-refractivity contribution is 0.493. The van der Waals surface area contributed by atoms with Gasteiger partial charge in [0.15, 0.2) is 0 Å². The van der Waals surface area contributed by atoms with Crippen LogP contribution in [-0.2, 0) is 13.5 Å². The molecule has 0 fully saturated rings. The van der Waals surface area contributed by atoms with E-state index in [9.17, 15) is 0 Å². The SMILES string of the molecule is CCCCC(C)NCCc1nncn1C. The van der Waals surface area contributed by atoms with Gasteiger partial charge in [0.25, 0.3) is 0 Å². The summed E-state index contributed by atoms with van der Waals surface area (Å²) in [5.41, 5.74) is 0. The van der Waals surface area contributed by atoms with Crippen LogP contribution in [0.1, 0.15) is 38.9 Å². The number of unbranched alkanes of at least 4 members (excludes halogenated alkanes) is 1. The Balaban J connectivity index is 2.13. The van der Waals surface area contributed by atoms with Crippen molar-refractivity contribution in [2.24, 2.45) is 7.05 Å². The number of aryl methyl sites for hydroxylation is 1. The number of nitrogens with zero attached hydrogens (tertiary/aromatic N) is 3. The molecule has 1 rings (SSSR count). The third-order valence-corrected chi connectivity index (χ3v) is 2.64. The minimum Gasteiger partial charge on any atom is -0.321 e. The molecule has 0 radical (unpaired) electrons. The van der Waals surface area contributed by atoms with Crippen LogP contribution in [0, 0.1) is 0 Å². The first-order valence-electron chi connectivity index (χ1n) is 5.80. The van der Waals surface area contributed by atoms with Gasteiger partial charge in [-0.05, 0) is 13.3 Å². The lowest BCUT2D eigenvalue weighted by Gasteiger charge is -2.12. The molecule has 0 amide bonds. The quantitative estimate of drug-likeness (QED) is 0.742. The molecule has 1 unspecified atom stereocenters. The maximum atomic E-state index is 4.05. The highest BCUT2D eigenvalue weighted by Gasteiger charge is 2.02. The van der Waals surface area contributed by atoms with E-state index in [1.54, 1.807) is 6.33 Å². The Morgan fingerprint density at radius 1 is 1.53 bits per heavy atom. The van der Waals surface area contributed by atoms with Crippen molar-refractivity contribution in [3.8, 4) is 0 Å². The fraction of sp³-hybridized carbons (Fsp3) is 0.818. The van der Waals surface area contributed by atoms with Gasteiger partial charge in [-0.25, -0.2) is 0 Å². The standard InChI is InChI=1S/C11H22N4/c1-4-5-6-10(2)12-8-7-11-14-13-9-15(11)3/h9-10,12H,4-8H2,1-3H3. The van der Waals surface area contributed by atoms with Crippen LogP contribution in [-0.4, -0.2) is 27.4 Å². The molecule has 1 N–H and O–H groups in total. The van der Waals surface area contributed by atoms with Crippen molar-refractivity contribution in [3.05, 3.63) is 12.2 Å². The number of nitrogens with one attached hydrogen (secondary N) is 1. The Morgan fingerprint density at radius 3 is 2.93 bits per heavy atom. The lowest BCUT2D eigenvalue weighted by atomic mass is 10.1. The second kappa shape index (κ2) is 6.56. The molecule has 0 aromatic carbocycles. The van der Waals surface area contributed by atoms with Gasteiger partial charge in [0.1, 0.15) is 12.2 Å². The van der Waals surface area contributed by atoms with Crippen molar-refractivity contribution in [1.82, 2.24) is 20.1 Å².